The van der Waals surface area contributed by atoms with E-state index in [0.717, 1.165) is 25.7 Å². The molecule has 2 amide bonds. The maximum Gasteiger partial charge on any atom is 0.240 e. The molecule has 1 saturated heterocycles. The van der Waals surface area contributed by atoms with Gasteiger partial charge in [-0.25, -0.2) is 0 Å². The van der Waals surface area contributed by atoms with Crippen LogP contribution in [0.1, 0.15) is 32.6 Å². The zero-order valence-corrected chi connectivity index (χ0v) is 8.51. The van der Waals surface area contributed by atoms with E-state index < -0.39 is 0 Å². The van der Waals surface area contributed by atoms with E-state index in [4.69, 9.17) is 0 Å². The molecule has 4 heteroatoms. The minimum atomic E-state index is -0.149. The zero-order chi connectivity index (χ0) is 10.2. The van der Waals surface area contributed by atoms with E-state index in [9.17, 15) is 9.59 Å². The third-order valence-electron chi connectivity index (χ3n) is 3.16. The number of nitrogens with zero attached hydrogens (tertiary/aromatic N) is 1. The van der Waals surface area contributed by atoms with Crippen LogP contribution in [0, 0.1) is 0 Å². The van der Waals surface area contributed by atoms with Gasteiger partial charge in [0.15, 0.2) is 0 Å². The van der Waals surface area contributed by atoms with Crippen molar-refractivity contribution in [3.05, 3.63) is 0 Å². The molecule has 2 aliphatic rings. The van der Waals surface area contributed by atoms with Crippen LogP contribution in [0.4, 0.5) is 0 Å². The van der Waals surface area contributed by atoms with E-state index in [-0.39, 0.29) is 17.4 Å². The summed E-state index contributed by atoms with van der Waals surface area (Å²) in [7, 11) is 0. The Kier molecular flexibility index (Phi) is 2.31. The van der Waals surface area contributed by atoms with E-state index >= 15 is 0 Å². The lowest BCUT2D eigenvalue weighted by molar-refractivity contribution is -0.137. The summed E-state index contributed by atoms with van der Waals surface area (Å²) in [5.41, 5.74) is 0.183. The van der Waals surface area contributed by atoms with E-state index in [1.165, 1.54) is 0 Å². The van der Waals surface area contributed by atoms with Gasteiger partial charge in [-0.3, -0.25) is 19.8 Å². The molecule has 0 aromatic heterocycles. The summed E-state index contributed by atoms with van der Waals surface area (Å²) in [5.74, 6) is -0.299. The SMILES string of the molecule is CCCC1(N2CC(=O)NC(=O)C2)CC1. The average molecular weight is 196 g/mol. The topological polar surface area (TPSA) is 49.4 Å². The van der Waals surface area contributed by atoms with Gasteiger partial charge in [-0.2, -0.15) is 0 Å². The Morgan fingerprint density at radius 2 is 1.86 bits per heavy atom. The van der Waals surface area contributed by atoms with E-state index in [0.29, 0.717) is 13.1 Å². The first-order valence-electron chi connectivity index (χ1n) is 5.24. The molecule has 0 bridgehead atoms. The van der Waals surface area contributed by atoms with Gasteiger partial charge in [0.25, 0.3) is 0 Å². The van der Waals surface area contributed by atoms with Crippen LogP contribution < -0.4 is 5.32 Å². The average Bonchev–Trinajstić information content (AvgIpc) is 2.84. The molecule has 4 nitrogen and oxygen atoms in total. The fraction of sp³-hybridized carbons (Fsp3) is 0.800. The lowest BCUT2D eigenvalue weighted by atomic mass is 10.1. The van der Waals surface area contributed by atoms with E-state index in [1.54, 1.807) is 0 Å². The van der Waals surface area contributed by atoms with Crippen molar-refractivity contribution < 1.29 is 9.59 Å². The Morgan fingerprint density at radius 1 is 1.29 bits per heavy atom. The number of hydrogen-bond acceptors (Lipinski definition) is 3. The molecule has 14 heavy (non-hydrogen) atoms. The first-order chi connectivity index (χ1) is 6.66. The van der Waals surface area contributed by atoms with Gasteiger partial charge in [-0.05, 0) is 19.3 Å². The smallest absolute Gasteiger partial charge is 0.240 e. The molecule has 1 aliphatic carbocycles. The number of imide groups is 1. The highest BCUT2D eigenvalue weighted by Crippen LogP contribution is 2.45. The van der Waals surface area contributed by atoms with Crippen molar-refractivity contribution >= 4 is 11.8 Å². The predicted octanol–water partition coefficient (Wildman–Crippen LogP) is 0.277. The molecule has 2 fully saturated rings. The number of piperazine rings is 1. The van der Waals surface area contributed by atoms with Crippen molar-refractivity contribution in [3.63, 3.8) is 0 Å². The van der Waals surface area contributed by atoms with Crippen LogP contribution in [-0.4, -0.2) is 35.3 Å². The highest BCUT2D eigenvalue weighted by atomic mass is 16.2. The molecule has 1 N–H and O–H groups in total. The fourth-order valence-corrected chi connectivity index (χ4v) is 2.31. The Hall–Kier alpha value is -0.900. The molecule has 0 aromatic carbocycles. The third-order valence-corrected chi connectivity index (χ3v) is 3.16. The van der Waals surface area contributed by atoms with Crippen molar-refractivity contribution in [2.24, 2.45) is 0 Å². The maximum absolute atomic E-state index is 11.2. The van der Waals surface area contributed by atoms with Crippen molar-refractivity contribution in [2.75, 3.05) is 13.1 Å². The molecule has 1 aliphatic heterocycles. The lowest BCUT2D eigenvalue weighted by Gasteiger charge is -2.33. The summed E-state index contributed by atoms with van der Waals surface area (Å²) in [6, 6.07) is 0. The first kappa shape index (κ1) is 9.65. The molecule has 0 aromatic rings. The van der Waals surface area contributed by atoms with Crippen molar-refractivity contribution in [1.29, 1.82) is 0 Å². The standard InChI is InChI=1S/C10H16N2O2/c1-2-3-10(4-5-10)12-6-8(13)11-9(14)7-12/h2-7H2,1H3,(H,11,13,14). The molecule has 78 valence electrons. The fourth-order valence-electron chi connectivity index (χ4n) is 2.31. The molecule has 0 spiro atoms. The molecular formula is C10H16N2O2. The normalized spacial score (nSPS) is 26.1. The number of hydrogen-bond donors (Lipinski definition) is 1. The number of rotatable bonds is 3. The summed E-state index contributed by atoms with van der Waals surface area (Å²) < 4.78 is 0. The van der Waals surface area contributed by atoms with Crippen LogP contribution in [0.2, 0.25) is 0 Å². The van der Waals surface area contributed by atoms with Crippen LogP contribution in [0.25, 0.3) is 0 Å². The molecule has 1 heterocycles. The van der Waals surface area contributed by atoms with Crippen molar-refractivity contribution in [3.8, 4) is 0 Å². The monoisotopic (exact) mass is 196 g/mol. The summed E-state index contributed by atoms with van der Waals surface area (Å²) in [6.45, 7) is 2.93. The van der Waals surface area contributed by atoms with Gasteiger partial charge in [0.05, 0.1) is 13.1 Å². The van der Waals surface area contributed by atoms with Crippen LogP contribution in [0.3, 0.4) is 0 Å². The van der Waals surface area contributed by atoms with E-state index in [2.05, 4.69) is 17.1 Å². The quantitative estimate of drug-likeness (QED) is 0.659. The van der Waals surface area contributed by atoms with Crippen LogP contribution in [-0.2, 0) is 9.59 Å². The second-order valence-electron chi connectivity index (χ2n) is 4.30. The second kappa shape index (κ2) is 3.35. The van der Waals surface area contributed by atoms with Gasteiger partial charge in [-0.1, -0.05) is 13.3 Å². The largest absolute Gasteiger partial charge is 0.294 e. The molecule has 0 radical (unpaired) electrons. The van der Waals surface area contributed by atoms with Crippen LogP contribution in [0.15, 0.2) is 0 Å². The highest BCUT2D eigenvalue weighted by Gasteiger charge is 2.49. The molecule has 0 atom stereocenters. The maximum atomic E-state index is 11.2. The van der Waals surface area contributed by atoms with Crippen molar-refractivity contribution in [2.45, 2.75) is 38.1 Å². The Bertz CT molecular complexity index is 255. The summed E-state index contributed by atoms with van der Waals surface area (Å²) in [4.78, 5) is 24.4. The van der Waals surface area contributed by atoms with Gasteiger partial charge < -0.3 is 0 Å². The molecule has 1 saturated carbocycles. The Balaban J connectivity index is 2.03. The Labute approximate surface area is 83.6 Å². The summed E-state index contributed by atoms with van der Waals surface area (Å²) in [6.07, 6.45) is 4.50. The second-order valence-corrected chi connectivity index (χ2v) is 4.30. The van der Waals surface area contributed by atoms with Gasteiger partial charge in [0.2, 0.25) is 11.8 Å². The summed E-state index contributed by atoms with van der Waals surface area (Å²) >= 11 is 0. The number of nitrogens with one attached hydrogen (secondary N) is 1. The number of amides is 2. The van der Waals surface area contributed by atoms with Gasteiger partial charge >= 0.3 is 0 Å². The highest BCUT2D eigenvalue weighted by molar-refractivity contribution is 5.99. The lowest BCUT2D eigenvalue weighted by Crippen LogP contribution is -2.55. The van der Waals surface area contributed by atoms with Gasteiger partial charge in [0, 0.05) is 5.54 Å². The number of carbonyl (C=O) groups is 2. The van der Waals surface area contributed by atoms with Crippen LogP contribution >= 0.6 is 0 Å². The third kappa shape index (κ3) is 1.66. The molecular weight excluding hydrogens is 180 g/mol. The van der Waals surface area contributed by atoms with Gasteiger partial charge in [-0.15, -0.1) is 0 Å². The predicted molar refractivity (Wildman–Crippen MR) is 51.6 cm³/mol. The zero-order valence-electron chi connectivity index (χ0n) is 8.51. The minimum Gasteiger partial charge on any atom is -0.294 e. The Morgan fingerprint density at radius 3 is 2.29 bits per heavy atom. The minimum absolute atomic E-state index is 0.149. The molecule has 0 unspecified atom stereocenters. The van der Waals surface area contributed by atoms with E-state index in [1.807, 2.05) is 0 Å². The molecule has 2 rings (SSSR count). The first-order valence-corrected chi connectivity index (χ1v) is 5.24. The van der Waals surface area contributed by atoms with Crippen LogP contribution in [0.5, 0.6) is 0 Å². The summed E-state index contributed by atoms with van der Waals surface area (Å²) in [5, 5.41) is 2.33. The number of carbonyl (C=O) groups excluding carboxylic acids is 2. The van der Waals surface area contributed by atoms with Crippen molar-refractivity contribution in [1.82, 2.24) is 10.2 Å². The van der Waals surface area contributed by atoms with Gasteiger partial charge in [0.1, 0.15) is 0 Å².